The standard InChI is InChI=1S/C15H22FNO2/c1-4-8-17(11-15(18)19-5-2)10-13-6-7-14(16)9-12(13)3/h6-7,9H,4-5,8,10-11H2,1-3H3. The number of hydrogen-bond acceptors (Lipinski definition) is 3. The second-order valence-electron chi connectivity index (χ2n) is 4.59. The van der Waals surface area contributed by atoms with Crippen LogP contribution in [0.4, 0.5) is 4.39 Å². The van der Waals surface area contributed by atoms with Crippen LogP contribution in [0, 0.1) is 12.7 Å². The molecule has 0 unspecified atom stereocenters. The summed E-state index contributed by atoms with van der Waals surface area (Å²) in [5.41, 5.74) is 1.95. The maximum Gasteiger partial charge on any atom is 0.320 e. The molecule has 0 saturated heterocycles. The Morgan fingerprint density at radius 2 is 2.11 bits per heavy atom. The molecule has 0 radical (unpaired) electrons. The lowest BCUT2D eigenvalue weighted by Gasteiger charge is -2.21. The first kappa shape index (κ1) is 15.6. The SMILES string of the molecule is CCCN(CC(=O)OCC)Cc1ccc(F)cc1C. The smallest absolute Gasteiger partial charge is 0.320 e. The van der Waals surface area contributed by atoms with Crippen molar-refractivity contribution in [1.29, 1.82) is 0 Å². The molecule has 0 aliphatic rings. The van der Waals surface area contributed by atoms with E-state index >= 15 is 0 Å². The van der Waals surface area contributed by atoms with Crippen LogP contribution in [0.5, 0.6) is 0 Å². The van der Waals surface area contributed by atoms with Gasteiger partial charge in [0.05, 0.1) is 13.2 Å². The Morgan fingerprint density at radius 1 is 1.37 bits per heavy atom. The van der Waals surface area contributed by atoms with Gasteiger partial charge in [0.15, 0.2) is 0 Å². The van der Waals surface area contributed by atoms with Gasteiger partial charge in [-0.2, -0.15) is 0 Å². The first-order valence-corrected chi connectivity index (χ1v) is 6.69. The molecule has 0 bridgehead atoms. The zero-order chi connectivity index (χ0) is 14.3. The highest BCUT2D eigenvalue weighted by Gasteiger charge is 2.12. The zero-order valence-electron chi connectivity index (χ0n) is 11.9. The molecule has 3 nitrogen and oxygen atoms in total. The van der Waals surface area contributed by atoms with Crippen LogP contribution in [-0.2, 0) is 16.1 Å². The van der Waals surface area contributed by atoms with Crippen molar-refractivity contribution in [3.05, 3.63) is 35.1 Å². The third-order valence-corrected chi connectivity index (χ3v) is 2.90. The van der Waals surface area contributed by atoms with E-state index in [9.17, 15) is 9.18 Å². The normalized spacial score (nSPS) is 10.8. The van der Waals surface area contributed by atoms with Crippen molar-refractivity contribution in [3.63, 3.8) is 0 Å². The minimum Gasteiger partial charge on any atom is -0.465 e. The van der Waals surface area contributed by atoms with Crippen LogP contribution in [0.1, 0.15) is 31.4 Å². The summed E-state index contributed by atoms with van der Waals surface area (Å²) < 4.78 is 18.0. The number of esters is 1. The van der Waals surface area contributed by atoms with Gasteiger partial charge in [-0.25, -0.2) is 4.39 Å². The molecule has 4 heteroatoms. The average molecular weight is 267 g/mol. The molecule has 106 valence electrons. The quantitative estimate of drug-likeness (QED) is 0.711. The van der Waals surface area contributed by atoms with Gasteiger partial charge in [-0.05, 0) is 50.1 Å². The van der Waals surface area contributed by atoms with Crippen LogP contribution < -0.4 is 0 Å². The summed E-state index contributed by atoms with van der Waals surface area (Å²) in [5, 5.41) is 0. The number of hydrogen-bond donors (Lipinski definition) is 0. The monoisotopic (exact) mass is 267 g/mol. The molecular weight excluding hydrogens is 245 g/mol. The number of rotatable bonds is 7. The van der Waals surface area contributed by atoms with Gasteiger partial charge in [0, 0.05) is 6.54 Å². The highest BCUT2D eigenvalue weighted by molar-refractivity contribution is 5.71. The molecule has 0 heterocycles. The van der Waals surface area contributed by atoms with Crippen molar-refractivity contribution >= 4 is 5.97 Å². The lowest BCUT2D eigenvalue weighted by Crippen LogP contribution is -2.31. The van der Waals surface area contributed by atoms with E-state index in [4.69, 9.17) is 4.74 Å². The molecule has 0 N–H and O–H groups in total. The van der Waals surface area contributed by atoms with Crippen LogP contribution in [0.25, 0.3) is 0 Å². The van der Waals surface area contributed by atoms with E-state index in [0.29, 0.717) is 13.2 Å². The highest BCUT2D eigenvalue weighted by Crippen LogP contribution is 2.13. The Bertz CT molecular complexity index is 421. The number of benzene rings is 1. The summed E-state index contributed by atoms with van der Waals surface area (Å²) in [6.07, 6.45) is 0.958. The summed E-state index contributed by atoms with van der Waals surface area (Å²) >= 11 is 0. The molecule has 1 aromatic carbocycles. The third-order valence-electron chi connectivity index (χ3n) is 2.90. The molecule has 0 aromatic heterocycles. The fourth-order valence-electron chi connectivity index (χ4n) is 2.00. The van der Waals surface area contributed by atoms with Crippen molar-refractivity contribution < 1.29 is 13.9 Å². The number of aryl methyl sites for hydroxylation is 1. The van der Waals surface area contributed by atoms with Gasteiger partial charge in [0.1, 0.15) is 5.82 Å². The zero-order valence-corrected chi connectivity index (χ0v) is 11.9. The summed E-state index contributed by atoms with van der Waals surface area (Å²) in [5.74, 6) is -0.440. The van der Waals surface area contributed by atoms with E-state index in [1.165, 1.54) is 12.1 Å². The molecule has 19 heavy (non-hydrogen) atoms. The second-order valence-corrected chi connectivity index (χ2v) is 4.59. The fraction of sp³-hybridized carbons (Fsp3) is 0.533. The van der Waals surface area contributed by atoms with E-state index in [1.54, 1.807) is 13.0 Å². The highest BCUT2D eigenvalue weighted by atomic mass is 19.1. The largest absolute Gasteiger partial charge is 0.465 e. The Labute approximate surface area is 114 Å². The van der Waals surface area contributed by atoms with Crippen molar-refractivity contribution in [2.24, 2.45) is 0 Å². The van der Waals surface area contributed by atoms with Crippen LogP contribution >= 0.6 is 0 Å². The second kappa shape index (κ2) is 7.89. The molecule has 0 aliphatic carbocycles. The first-order chi connectivity index (χ1) is 9.06. The molecule has 0 atom stereocenters. The molecule has 0 aliphatic heterocycles. The molecule has 0 saturated carbocycles. The number of carbonyl (C=O) groups excluding carboxylic acids is 1. The predicted octanol–water partition coefficient (Wildman–Crippen LogP) is 2.91. The van der Waals surface area contributed by atoms with Gasteiger partial charge in [0.25, 0.3) is 0 Å². The first-order valence-electron chi connectivity index (χ1n) is 6.69. The van der Waals surface area contributed by atoms with Crippen LogP contribution in [0.2, 0.25) is 0 Å². The summed E-state index contributed by atoms with van der Waals surface area (Å²) in [6, 6.07) is 4.75. The van der Waals surface area contributed by atoms with Crippen molar-refractivity contribution in [3.8, 4) is 0 Å². The molecule has 1 rings (SSSR count). The van der Waals surface area contributed by atoms with Crippen LogP contribution in [-0.4, -0.2) is 30.6 Å². The predicted molar refractivity (Wildman–Crippen MR) is 73.3 cm³/mol. The summed E-state index contributed by atoms with van der Waals surface area (Å²) in [4.78, 5) is 13.6. The molecule has 0 spiro atoms. The Morgan fingerprint density at radius 3 is 2.68 bits per heavy atom. The van der Waals surface area contributed by atoms with Gasteiger partial charge in [-0.15, -0.1) is 0 Å². The van der Waals surface area contributed by atoms with Crippen molar-refractivity contribution in [1.82, 2.24) is 4.90 Å². The van der Waals surface area contributed by atoms with E-state index < -0.39 is 0 Å². The van der Waals surface area contributed by atoms with Gasteiger partial charge >= 0.3 is 5.97 Å². The van der Waals surface area contributed by atoms with Gasteiger partial charge < -0.3 is 4.74 Å². The number of ether oxygens (including phenoxy) is 1. The maximum atomic E-state index is 13.1. The number of halogens is 1. The molecule has 0 amide bonds. The van der Waals surface area contributed by atoms with Gasteiger partial charge in [0.2, 0.25) is 0 Å². The lowest BCUT2D eigenvalue weighted by atomic mass is 10.1. The summed E-state index contributed by atoms with van der Waals surface area (Å²) in [6.45, 7) is 7.87. The van der Waals surface area contributed by atoms with Crippen LogP contribution in [0.15, 0.2) is 18.2 Å². The van der Waals surface area contributed by atoms with E-state index in [-0.39, 0.29) is 18.3 Å². The Hall–Kier alpha value is -1.42. The van der Waals surface area contributed by atoms with E-state index in [0.717, 1.165) is 24.1 Å². The Balaban J connectivity index is 2.69. The average Bonchev–Trinajstić information content (AvgIpc) is 2.33. The topological polar surface area (TPSA) is 29.5 Å². The molecule has 0 fully saturated rings. The van der Waals surface area contributed by atoms with Gasteiger partial charge in [-0.1, -0.05) is 13.0 Å². The summed E-state index contributed by atoms with van der Waals surface area (Å²) in [7, 11) is 0. The minimum atomic E-state index is -0.228. The Kier molecular flexibility index (Phi) is 6.50. The lowest BCUT2D eigenvalue weighted by molar-refractivity contribution is -0.144. The molecular formula is C15H22FNO2. The fourth-order valence-corrected chi connectivity index (χ4v) is 2.00. The molecule has 1 aromatic rings. The number of nitrogens with zero attached hydrogens (tertiary/aromatic N) is 1. The van der Waals surface area contributed by atoms with Crippen LogP contribution in [0.3, 0.4) is 0 Å². The van der Waals surface area contributed by atoms with Crippen molar-refractivity contribution in [2.45, 2.75) is 33.7 Å². The minimum absolute atomic E-state index is 0.212. The van der Waals surface area contributed by atoms with E-state index in [1.807, 2.05) is 11.8 Å². The number of carbonyl (C=O) groups is 1. The van der Waals surface area contributed by atoms with Crippen molar-refractivity contribution in [2.75, 3.05) is 19.7 Å². The van der Waals surface area contributed by atoms with Gasteiger partial charge in [-0.3, -0.25) is 9.69 Å². The third kappa shape index (κ3) is 5.39. The maximum absolute atomic E-state index is 13.1. The van der Waals surface area contributed by atoms with E-state index in [2.05, 4.69) is 6.92 Å².